The number of nitrogens with one attached hydrogen (secondary N) is 1. The Hall–Kier alpha value is -1.10. The predicted molar refractivity (Wildman–Crippen MR) is 78.7 cm³/mol. The van der Waals surface area contributed by atoms with Gasteiger partial charge < -0.3 is 14.6 Å². The maximum absolute atomic E-state index is 5.91. The molecule has 1 aromatic heterocycles. The maximum Gasteiger partial charge on any atom is 0.318 e. The number of rotatable bonds is 5. The molecule has 2 atom stereocenters. The van der Waals surface area contributed by atoms with E-state index in [-0.39, 0.29) is 6.04 Å². The molecule has 5 nitrogen and oxygen atoms in total. The van der Waals surface area contributed by atoms with Crippen molar-refractivity contribution < 1.29 is 4.42 Å². The van der Waals surface area contributed by atoms with Crippen LogP contribution in [0.1, 0.15) is 64.3 Å². The first-order chi connectivity index (χ1) is 9.79. The zero-order valence-corrected chi connectivity index (χ0v) is 12.6. The molecular weight excluding hydrogens is 252 g/mol. The van der Waals surface area contributed by atoms with E-state index >= 15 is 0 Å². The van der Waals surface area contributed by atoms with Gasteiger partial charge in [-0.2, -0.15) is 0 Å². The number of hydrogen-bond acceptors (Lipinski definition) is 5. The van der Waals surface area contributed by atoms with E-state index in [1.54, 1.807) is 0 Å². The molecule has 112 valence electrons. The van der Waals surface area contributed by atoms with Gasteiger partial charge in [0.1, 0.15) is 0 Å². The Morgan fingerprint density at radius 3 is 2.80 bits per heavy atom. The summed E-state index contributed by atoms with van der Waals surface area (Å²) in [6.07, 6.45) is 8.06. The average molecular weight is 278 g/mol. The average Bonchev–Trinajstić information content (AvgIpc) is 3.19. The first-order valence-electron chi connectivity index (χ1n) is 8.13. The van der Waals surface area contributed by atoms with E-state index in [0.29, 0.717) is 11.9 Å². The molecule has 2 heterocycles. The van der Waals surface area contributed by atoms with Gasteiger partial charge in [-0.1, -0.05) is 24.9 Å². The van der Waals surface area contributed by atoms with E-state index in [4.69, 9.17) is 4.42 Å². The van der Waals surface area contributed by atoms with Crippen molar-refractivity contribution in [2.75, 3.05) is 18.0 Å². The summed E-state index contributed by atoms with van der Waals surface area (Å²) in [5.41, 5.74) is 0. The van der Waals surface area contributed by atoms with Crippen LogP contribution in [0, 0.1) is 5.92 Å². The molecule has 1 N–H and O–H groups in total. The molecule has 1 aliphatic heterocycles. The lowest BCUT2D eigenvalue weighted by Gasteiger charge is -2.27. The van der Waals surface area contributed by atoms with Gasteiger partial charge in [-0.3, -0.25) is 0 Å². The first-order valence-corrected chi connectivity index (χ1v) is 8.13. The van der Waals surface area contributed by atoms with E-state index in [1.165, 1.54) is 38.5 Å². The summed E-state index contributed by atoms with van der Waals surface area (Å²) < 4.78 is 5.91. The van der Waals surface area contributed by atoms with Crippen molar-refractivity contribution >= 4 is 6.01 Å². The van der Waals surface area contributed by atoms with Crippen LogP contribution in [-0.4, -0.2) is 29.3 Å². The Bertz CT molecular complexity index is 427. The van der Waals surface area contributed by atoms with Crippen LogP contribution in [0.5, 0.6) is 0 Å². The SMILES string of the molecule is CCNC(C)c1nnc(N2CCCC2C2CCCC2)o1. The van der Waals surface area contributed by atoms with Crippen molar-refractivity contribution in [1.82, 2.24) is 15.5 Å². The molecule has 1 saturated carbocycles. The summed E-state index contributed by atoms with van der Waals surface area (Å²) in [6, 6.07) is 1.49. The summed E-state index contributed by atoms with van der Waals surface area (Å²) in [5.74, 6) is 1.54. The molecule has 3 rings (SSSR count). The molecule has 1 aliphatic carbocycles. The van der Waals surface area contributed by atoms with Crippen molar-refractivity contribution in [3.63, 3.8) is 0 Å². The minimum absolute atomic E-state index is 0.133. The summed E-state index contributed by atoms with van der Waals surface area (Å²) in [7, 11) is 0. The molecule has 0 aromatic carbocycles. The van der Waals surface area contributed by atoms with E-state index < -0.39 is 0 Å². The smallest absolute Gasteiger partial charge is 0.318 e. The van der Waals surface area contributed by atoms with Gasteiger partial charge in [0.05, 0.1) is 6.04 Å². The highest BCUT2D eigenvalue weighted by atomic mass is 16.4. The molecule has 2 aliphatic rings. The zero-order chi connectivity index (χ0) is 13.9. The second kappa shape index (κ2) is 6.12. The van der Waals surface area contributed by atoms with E-state index in [2.05, 4.69) is 34.3 Å². The summed E-state index contributed by atoms with van der Waals surface area (Å²) in [6.45, 7) is 6.13. The highest BCUT2D eigenvalue weighted by molar-refractivity contribution is 5.29. The molecule has 0 bridgehead atoms. The fourth-order valence-electron chi connectivity index (χ4n) is 3.77. The van der Waals surface area contributed by atoms with Crippen LogP contribution in [0.2, 0.25) is 0 Å². The molecule has 0 spiro atoms. The summed E-state index contributed by atoms with van der Waals surface area (Å²) in [5, 5.41) is 11.8. The third kappa shape index (κ3) is 2.68. The van der Waals surface area contributed by atoms with Crippen molar-refractivity contribution in [2.24, 2.45) is 5.92 Å². The molecule has 5 heteroatoms. The Labute approximate surface area is 121 Å². The van der Waals surface area contributed by atoms with Crippen LogP contribution in [0.3, 0.4) is 0 Å². The quantitative estimate of drug-likeness (QED) is 0.897. The van der Waals surface area contributed by atoms with Gasteiger partial charge in [0.2, 0.25) is 5.89 Å². The molecule has 0 radical (unpaired) electrons. The van der Waals surface area contributed by atoms with Crippen LogP contribution in [0.25, 0.3) is 0 Å². The van der Waals surface area contributed by atoms with Crippen LogP contribution >= 0.6 is 0 Å². The fraction of sp³-hybridized carbons (Fsp3) is 0.867. The van der Waals surface area contributed by atoms with Crippen LogP contribution in [-0.2, 0) is 0 Å². The highest BCUT2D eigenvalue weighted by Crippen LogP contribution is 2.37. The second-order valence-corrected chi connectivity index (χ2v) is 6.15. The molecule has 0 amide bonds. The highest BCUT2D eigenvalue weighted by Gasteiger charge is 2.35. The lowest BCUT2D eigenvalue weighted by atomic mass is 9.96. The number of hydrogen-bond donors (Lipinski definition) is 1. The van der Waals surface area contributed by atoms with Gasteiger partial charge in [-0.15, -0.1) is 5.10 Å². The molecule has 2 fully saturated rings. The van der Waals surface area contributed by atoms with Gasteiger partial charge in [0, 0.05) is 12.6 Å². The van der Waals surface area contributed by atoms with Gasteiger partial charge in [0.25, 0.3) is 0 Å². The Kier molecular flexibility index (Phi) is 4.24. The topological polar surface area (TPSA) is 54.2 Å². The van der Waals surface area contributed by atoms with E-state index in [1.807, 2.05) is 0 Å². The zero-order valence-electron chi connectivity index (χ0n) is 12.6. The lowest BCUT2D eigenvalue weighted by Crippen LogP contribution is -2.34. The molecule has 1 aromatic rings. The monoisotopic (exact) mass is 278 g/mol. The lowest BCUT2D eigenvalue weighted by molar-refractivity contribution is 0.387. The molecular formula is C15H26N4O. The van der Waals surface area contributed by atoms with E-state index in [0.717, 1.165) is 25.0 Å². The van der Waals surface area contributed by atoms with Crippen molar-refractivity contribution in [3.8, 4) is 0 Å². The van der Waals surface area contributed by atoms with Gasteiger partial charge in [-0.05, 0) is 45.1 Å². The third-order valence-corrected chi connectivity index (χ3v) is 4.80. The van der Waals surface area contributed by atoms with Crippen LogP contribution in [0.15, 0.2) is 4.42 Å². The molecule has 20 heavy (non-hydrogen) atoms. The van der Waals surface area contributed by atoms with Crippen molar-refractivity contribution in [3.05, 3.63) is 5.89 Å². The minimum Gasteiger partial charge on any atom is -0.406 e. The normalized spacial score (nSPS) is 25.5. The Morgan fingerprint density at radius 2 is 2.05 bits per heavy atom. The second-order valence-electron chi connectivity index (χ2n) is 6.15. The van der Waals surface area contributed by atoms with Crippen LogP contribution in [0.4, 0.5) is 6.01 Å². The maximum atomic E-state index is 5.91. The largest absolute Gasteiger partial charge is 0.406 e. The van der Waals surface area contributed by atoms with Gasteiger partial charge in [-0.25, -0.2) is 0 Å². The standard InChI is InChI=1S/C15H26N4O/c1-3-16-11(2)14-17-18-15(20-14)19-10-6-9-13(19)12-7-4-5-8-12/h11-13,16H,3-10H2,1-2H3. The predicted octanol–water partition coefficient (Wildman–Crippen LogP) is 2.90. The minimum atomic E-state index is 0.133. The van der Waals surface area contributed by atoms with E-state index in [9.17, 15) is 0 Å². The van der Waals surface area contributed by atoms with Crippen molar-refractivity contribution in [2.45, 2.75) is 64.5 Å². The summed E-state index contributed by atoms with van der Waals surface area (Å²) in [4.78, 5) is 2.37. The first kappa shape index (κ1) is 13.9. The third-order valence-electron chi connectivity index (χ3n) is 4.80. The number of aromatic nitrogens is 2. The Morgan fingerprint density at radius 1 is 1.25 bits per heavy atom. The van der Waals surface area contributed by atoms with Gasteiger partial charge in [0.15, 0.2) is 0 Å². The van der Waals surface area contributed by atoms with Crippen LogP contribution < -0.4 is 10.2 Å². The van der Waals surface area contributed by atoms with Crippen molar-refractivity contribution in [1.29, 1.82) is 0 Å². The Balaban J connectivity index is 1.71. The molecule has 1 saturated heterocycles. The number of nitrogens with zero attached hydrogens (tertiary/aromatic N) is 3. The van der Waals surface area contributed by atoms with Gasteiger partial charge >= 0.3 is 6.01 Å². The molecule has 2 unspecified atom stereocenters. The fourth-order valence-corrected chi connectivity index (χ4v) is 3.77. The number of anilines is 1. The summed E-state index contributed by atoms with van der Waals surface area (Å²) >= 11 is 0.